The van der Waals surface area contributed by atoms with E-state index in [4.69, 9.17) is 20.8 Å². The quantitative estimate of drug-likeness (QED) is 0.449. The zero-order valence-corrected chi connectivity index (χ0v) is 18.6. The molecule has 0 saturated carbocycles. The Hall–Kier alpha value is -2.51. The van der Waals surface area contributed by atoms with Gasteiger partial charge in [0.2, 0.25) is 5.91 Å². The molecule has 1 aliphatic heterocycles. The number of nitrogens with zero attached hydrogens (tertiary/aromatic N) is 3. The first-order chi connectivity index (χ1) is 15.2. The van der Waals surface area contributed by atoms with Gasteiger partial charge in [-0.15, -0.1) is 10.2 Å². The van der Waals surface area contributed by atoms with Crippen LogP contribution in [0.4, 0.5) is 0 Å². The predicted molar refractivity (Wildman–Crippen MR) is 120 cm³/mol. The minimum absolute atomic E-state index is 0.111. The van der Waals surface area contributed by atoms with Crippen LogP contribution in [0.15, 0.2) is 64.2 Å². The Morgan fingerprint density at radius 2 is 1.84 bits per heavy atom. The zero-order valence-electron chi connectivity index (χ0n) is 17.1. The van der Waals surface area contributed by atoms with Crippen molar-refractivity contribution in [3.63, 3.8) is 0 Å². The molecule has 0 bridgehead atoms. The number of hydrogen-bond acceptors (Lipinski definition) is 6. The Labute approximate surface area is 190 Å². The van der Waals surface area contributed by atoms with Crippen molar-refractivity contribution in [1.29, 1.82) is 0 Å². The fourth-order valence-electron chi connectivity index (χ4n) is 3.58. The predicted octanol–water partition coefficient (Wildman–Crippen LogP) is 4.88. The van der Waals surface area contributed by atoms with E-state index in [9.17, 15) is 4.79 Å². The minimum Gasteiger partial charge on any atom is -0.484 e. The lowest BCUT2D eigenvalue weighted by molar-refractivity contribution is -0.129. The van der Waals surface area contributed by atoms with Gasteiger partial charge in [0.1, 0.15) is 5.75 Å². The number of likely N-dealkylation sites (tertiary alicyclic amines) is 1. The van der Waals surface area contributed by atoms with Gasteiger partial charge in [-0.2, -0.15) is 0 Å². The number of piperidine rings is 1. The molecule has 3 aromatic rings. The van der Waals surface area contributed by atoms with Gasteiger partial charge >= 0.3 is 0 Å². The van der Waals surface area contributed by atoms with Crippen molar-refractivity contribution in [2.45, 2.75) is 31.1 Å². The number of carbonyl (C=O) groups is 1. The van der Waals surface area contributed by atoms with Gasteiger partial charge in [0, 0.05) is 18.1 Å². The smallest absolute Gasteiger partial charge is 0.277 e. The highest BCUT2D eigenvalue weighted by atomic mass is 35.5. The molecule has 0 radical (unpaired) electrons. The maximum absolute atomic E-state index is 12.6. The summed E-state index contributed by atoms with van der Waals surface area (Å²) in [4.78, 5) is 14.5. The molecule has 0 unspecified atom stereocenters. The first kappa shape index (κ1) is 21.7. The van der Waals surface area contributed by atoms with E-state index in [1.807, 2.05) is 11.0 Å². The molecule has 2 heterocycles. The van der Waals surface area contributed by atoms with Crippen LogP contribution in [0.3, 0.4) is 0 Å². The van der Waals surface area contributed by atoms with Crippen LogP contribution in [0.1, 0.15) is 24.3 Å². The van der Waals surface area contributed by atoms with E-state index in [0.717, 1.165) is 32.4 Å². The zero-order chi connectivity index (χ0) is 21.5. The molecule has 0 atom stereocenters. The Morgan fingerprint density at radius 3 is 2.58 bits per heavy atom. The van der Waals surface area contributed by atoms with Gasteiger partial charge in [-0.1, -0.05) is 53.7 Å². The van der Waals surface area contributed by atoms with Crippen LogP contribution in [-0.2, 0) is 17.8 Å². The van der Waals surface area contributed by atoms with Gasteiger partial charge in [-0.25, -0.2) is 0 Å². The fraction of sp³-hybridized carbons (Fsp3) is 0.348. The molecule has 1 aromatic heterocycles. The highest BCUT2D eigenvalue weighted by molar-refractivity contribution is 7.99. The van der Waals surface area contributed by atoms with Crippen molar-refractivity contribution in [1.82, 2.24) is 15.1 Å². The van der Waals surface area contributed by atoms with Crippen molar-refractivity contribution in [2.24, 2.45) is 5.92 Å². The second kappa shape index (κ2) is 10.7. The van der Waals surface area contributed by atoms with Crippen molar-refractivity contribution in [3.8, 4) is 5.75 Å². The first-order valence-corrected chi connectivity index (χ1v) is 11.7. The van der Waals surface area contributed by atoms with Crippen LogP contribution < -0.4 is 4.74 Å². The minimum atomic E-state index is 0.111. The van der Waals surface area contributed by atoms with E-state index in [-0.39, 0.29) is 12.5 Å². The van der Waals surface area contributed by atoms with E-state index < -0.39 is 0 Å². The summed E-state index contributed by atoms with van der Waals surface area (Å²) < 4.78 is 11.2. The molecule has 0 aliphatic carbocycles. The number of rotatable bonds is 8. The van der Waals surface area contributed by atoms with Gasteiger partial charge in [0.15, 0.2) is 6.61 Å². The number of thioether (sulfide) groups is 1. The van der Waals surface area contributed by atoms with Gasteiger partial charge in [-0.3, -0.25) is 4.79 Å². The maximum Gasteiger partial charge on any atom is 0.277 e. The topological polar surface area (TPSA) is 68.5 Å². The third-order valence-electron chi connectivity index (χ3n) is 5.28. The Bertz CT molecular complexity index is 973. The number of hydrogen-bond donors (Lipinski definition) is 0. The van der Waals surface area contributed by atoms with Crippen molar-refractivity contribution < 1.29 is 13.9 Å². The molecule has 0 N–H and O–H groups in total. The van der Waals surface area contributed by atoms with Crippen molar-refractivity contribution in [2.75, 3.05) is 18.8 Å². The normalized spacial score (nSPS) is 14.5. The molecule has 8 heteroatoms. The van der Waals surface area contributed by atoms with Crippen molar-refractivity contribution in [3.05, 3.63) is 71.1 Å². The average Bonchev–Trinajstić information content (AvgIpc) is 3.26. The van der Waals surface area contributed by atoms with Gasteiger partial charge < -0.3 is 14.1 Å². The molecule has 1 saturated heterocycles. The molecular formula is C23H24ClN3O3S. The lowest BCUT2D eigenvalue weighted by atomic mass is 9.90. The van der Waals surface area contributed by atoms with E-state index >= 15 is 0 Å². The number of halogens is 1. The van der Waals surface area contributed by atoms with Crippen LogP contribution in [0.2, 0.25) is 5.02 Å². The molecule has 2 aromatic carbocycles. The summed E-state index contributed by atoms with van der Waals surface area (Å²) in [5.41, 5.74) is 1.37. The SMILES string of the molecule is O=C(CSc1nnc(COc2ccc(Cl)cc2)o1)N1CCC(Cc2ccccc2)CC1. The molecule has 1 amide bonds. The summed E-state index contributed by atoms with van der Waals surface area (Å²) in [7, 11) is 0. The summed E-state index contributed by atoms with van der Waals surface area (Å²) >= 11 is 7.12. The van der Waals surface area contributed by atoms with Gasteiger partial charge in [0.05, 0.1) is 5.75 Å². The van der Waals surface area contributed by atoms with E-state index in [2.05, 4.69) is 34.5 Å². The fourth-order valence-corrected chi connectivity index (χ4v) is 4.39. The Balaban J connectivity index is 1.17. The second-order valence-corrected chi connectivity index (χ2v) is 8.87. The van der Waals surface area contributed by atoms with Crippen molar-refractivity contribution >= 4 is 29.3 Å². The number of ether oxygens (including phenoxy) is 1. The number of benzene rings is 2. The molecule has 1 aliphatic rings. The van der Waals surface area contributed by atoms with Gasteiger partial charge in [-0.05, 0) is 55.0 Å². The molecule has 1 fully saturated rings. The summed E-state index contributed by atoms with van der Waals surface area (Å²) in [5.74, 6) is 2.08. The lowest BCUT2D eigenvalue weighted by Crippen LogP contribution is -2.39. The molecular weight excluding hydrogens is 434 g/mol. The highest BCUT2D eigenvalue weighted by Gasteiger charge is 2.23. The van der Waals surface area contributed by atoms with Crippen LogP contribution in [-0.4, -0.2) is 39.8 Å². The monoisotopic (exact) mass is 457 g/mol. The van der Waals surface area contributed by atoms with Crippen LogP contribution in [0, 0.1) is 5.92 Å². The average molecular weight is 458 g/mol. The largest absolute Gasteiger partial charge is 0.484 e. The highest BCUT2D eigenvalue weighted by Crippen LogP contribution is 2.24. The molecule has 162 valence electrons. The lowest BCUT2D eigenvalue weighted by Gasteiger charge is -2.32. The van der Waals surface area contributed by atoms with Crippen LogP contribution in [0.5, 0.6) is 5.75 Å². The summed E-state index contributed by atoms with van der Waals surface area (Å²) in [6.07, 6.45) is 3.16. The molecule has 0 spiro atoms. The molecule has 31 heavy (non-hydrogen) atoms. The second-order valence-electron chi connectivity index (χ2n) is 7.51. The van der Waals surface area contributed by atoms with E-state index in [1.165, 1.54) is 17.3 Å². The number of amides is 1. The first-order valence-electron chi connectivity index (χ1n) is 10.3. The number of aromatic nitrogens is 2. The summed E-state index contributed by atoms with van der Waals surface area (Å²) in [6.45, 7) is 1.78. The Morgan fingerprint density at radius 1 is 1.10 bits per heavy atom. The van der Waals surface area contributed by atoms with Crippen LogP contribution >= 0.6 is 23.4 Å². The standard InChI is InChI=1S/C23H24ClN3O3S/c24-19-6-8-20(9-7-19)29-15-21-25-26-23(30-21)31-16-22(28)27-12-10-18(11-13-27)14-17-4-2-1-3-5-17/h1-9,18H,10-16H2. The third kappa shape index (κ3) is 6.48. The van der Waals surface area contributed by atoms with Gasteiger partial charge in [0.25, 0.3) is 11.1 Å². The molecule has 4 rings (SSSR count). The summed E-state index contributed by atoms with van der Waals surface area (Å²) in [6, 6.07) is 17.6. The summed E-state index contributed by atoms with van der Waals surface area (Å²) in [5, 5.41) is 8.99. The van der Waals surface area contributed by atoms with E-state index in [1.54, 1.807) is 24.3 Å². The Kier molecular flexibility index (Phi) is 7.48. The maximum atomic E-state index is 12.6. The number of carbonyl (C=O) groups excluding carboxylic acids is 1. The third-order valence-corrected chi connectivity index (χ3v) is 6.33. The van der Waals surface area contributed by atoms with Crippen LogP contribution in [0.25, 0.3) is 0 Å². The molecule has 6 nitrogen and oxygen atoms in total. The van der Waals surface area contributed by atoms with E-state index in [0.29, 0.717) is 33.6 Å².